The van der Waals surface area contributed by atoms with Crippen LogP contribution < -0.4 is 10.1 Å². The largest absolute Gasteiger partial charge is 0.497 e. The first-order chi connectivity index (χ1) is 10.6. The number of pyridine rings is 1. The Morgan fingerprint density at radius 1 is 1.27 bits per heavy atom. The fraction of sp³-hybridized carbons (Fsp3) is 0.235. The summed E-state index contributed by atoms with van der Waals surface area (Å²) in [4.78, 5) is 3.81. The lowest BCUT2D eigenvalue weighted by atomic mass is 10.1. The molecule has 0 saturated carbocycles. The second kappa shape index (κ2) is 5.67. The minimum Gasteiger partial charge on any atom is -0.497 e. The van der Waals surface area contributed by atoms with Crippen LogP contribution in [0, 0.1) is 12.9 Å². The van der Waals surface area contributed by atoms with E-state index in [2.05, 4.69) is 10.3 Å². The summed E-state index contributed by atoms with van der Waals surface area (Å²) in [7, 11) is 1.64. The average molecular weight is 300 g/mol. The number of fused-ring (bicyclic) bond motifs is 1. The number of benzene rings is 1. The Balaban J connectivity index is 1.93. The Bertz CT molecular complexity index is 814. The molecule has 0 fully saturated rings. The van der Waals surface area contributed by atoms with Gasteiger partial charge in [0, 0.05) is 10.9 Å². The van der Waals surface area contributed by atoms with Gasteiger partial charge in [-0.05, 0) is 44.2 Å². The van der Waals surface area contributed by atoms with Gasteiger partial charge in [0.05, 0.1) is 13.2 Å². The van der Waals surface area contributed by atoms with Crippen LogP contribution in [0.4, 0.5) is 10.2 Å². The molecular formula is C17H17FN2O2. The third-order valence-electron chi connectivity index (χ3n) is 3.65. The van der Waals surface area contributed by atoms with Gasteiger partial charge in [0.1, 0.15) is 22.9 Å². The van der Waals surface area contributed by atoms with E-state index in [9.17, 15) is 4.39 Å². The number of aryl methyl sites for hydroxylation is 1. The molecule has 0 aliphatic heterocycles. The number of hydrogen-bond acceptors (Lipinski definition) is 4. The minimum atomic E-state index is -0.511. The van der Waals surface area contributed by atoms with Crippen LogP contribution in [0.5, 0.6) is 5.75 Å². The fourth-order valence-electron chi connectivity index (χ4n) is 2.54. The van der Waals surface area contributed by atoms with Gasteiger partial charge in [-0.2, -0.15) is 4.39 Å². The number of hydrogen-bond donors (Lipinski definition) is 1. The molecule has 1 atom stereocenters. The molecule has 2 aromatic heterocycles. The zero-order chi connectivity index (χ0) is 15.7. The summed E-state index contributed by atoms with van der Waals surface area (Å²) in [6.45, 7) is 3.95. The Morgan fingerprint density at radius 3 is 2.82 bits per heavy atom. The number of rotatable bonds is 4. The summed E-state index contributed by atoms with van der Waals surface area (Å²) in [6, 6.07) is 10.2. The number of halogens is 1. The van der Waals surface area contributed by atoms with Gasteiger partial charge in [-0.1, -0.05) is 6.07 Å². The first-order valence-electron chi connectivity index (χ1n) is 7.04. The molecule has 0 aliphatic rings. The van der Waals surface area contributed by atoms with Crippen molar-refractivity contribution >= 4 is 16.8 Å². The van der Waals surface area contributed by atoms with E-state index >= 15 is 0 Å². The maximum atomic E-state index is 13.2. The molecule has 0 saturated heterocycles. The molecule has 0 spiro atoms. The predicted octanol–water partition coefficient (Wildman–Crippen LogP) is 4.46. The van der Waals surface area contributed by atoms with Crippen LogP contribution in [0.25, 0.3) is 11.0 Å². The van der Waals surface area contributed by atoms with Gasteiger partial charge in [0.15, 0.2) is 0 Å². The van der Waals surface area contributed by atoms with E-state index in [4.69, 9.17) is 9.15 Å². The van der Waals surface area contributed by atoms with Crippen LogP contribution in [0.2, 0.25) is 0 Å². The highest BCUT2D eigenvalue weighted by atomic mass is 19.1. The number of nitrogens with zero attached hydrogens (tertiary/aromatic N) is 1. The Labute approximate surface area is 127 Å². The third-order valence-corrected chi connectivity index (χ3v) is 3.65. The molecule has 2 heterocycles. The van der Waals surface area contributed by atoms with Gasteiger partial charge in [-0.15, -0.1) is 0 Å². The van der Waals surface area contributed by atoms with E-state index < -0.39 is 5.95 Å². The second-order valence-electron chi connectivity index (χ2n) is 5.16. The lowest BCUT2D eigenvalue weighted by Gasteiger charge is -2.13. The summed E-state index contributed by atoms with van der Waals surface area (Å²) in [6.07, 6.45) is 0. The molecule has 114 valence electrons. The van der Waals surface area contributed by atoms with Crippen molar-refractivity contribution in [3.63, 3.8) is 0 Å². The number of anilines is 1. The number of nitrogens with one attached hydrogen (secondary N) is 1. The standard InChI is InChI=1S/C17H17FN2O2/c1-10-13-9-12(21-3)7-8-14(13)22-17(10)11(2)19-16-6-4-5-15(18)20-16/h4-9,11H,1-3H3,(H,19,20). The van der Waals surface area contributed by atoms with Crippen molar-refractivity contribution in [2.45, 2.75) is 19.9 Å². The molecule has 1 aromatic carbocycles. The van der Waals surface area contributed by atoms with Gasteiger partial charge in [-0.3, -0.25) is 0 Å². The van der Waals surface area contributed by atoms with Crippen molar-refractivity contribution < 1.29 is 13.5 Å². The molecular weight excluding hydrogens is 283 g/mol. The molecule has 3 rings (SSSR count). The van der Waals surface area contributed by atoms with Gasteiger partial charge < -0.3 is 14.5 Å². The van der Waals surface area contributed by atoms with E-state index in [1.54, 1.807) is 19.2 Å². The maximum Gasteiger partial charge on any atom is 0.214 e. The van der Waals surface area contributed by atoms with E-state index in [0.717, 1.165) is 28.0 Å². The van der Waals surface area contributed by atoms with Crippen LogP contribution >= 0.6 is 0 Å². The Hall–Kier alpha value is -2.56. The maximum absolute atomic E-state index is 13.2. The Kier molecular flexibility index (Phi) is 3.71. The summed E-state index contributed by atoms with van der Waals surface area (Å²) < 4.78 is 24.3. The van der Waals surface area contributed by atoms with Crippen molar-refractivity contribution in [1.29, 1.82) is 0 Å². The van der Waals surface area contributed by atoms with Gasteiger partial charge >= 0.3 is 0 Å². The molecule has 0 amide bonds. The van der Waals surface area contributed by atoms with E-state index in [1.165, 1.54) is 6.07 Å². The van der Waals surface area contributed by atoms with Crippen molar-refractivity contribution in [3.05, 3.63) is 53.7 Å². The quantitative estimate of drug-likeness (QED) is 0.723. The molecule has 0 bridgehead atoms. The summed E-state index contributed by atoms with van der Waals surface area (Å²) in [5, 5.41) is 4.16. The predicted molar refractivity (Wildman–Crippen MR) is 83.7 cm³/mol. The van der Waals surface area contributed by atoms with E-state index in [1.807, 2.05) is 32.0 Å². The normalized spacial score (nSPS) is 12.4. The van der Waals surface area contributed by atoms with E-state index in [0.29, 0.717) is 5.82 Å². The highest BCUT2D eigenvalue weighted by Gasteiger charge is 2.17. The van der Waals surface area contributed by atoms with Crippen molar-refractivity contribution in [2.24, 2.45) is 0 Å². The van der Waals surface area contributed by atoms with Crippen LogP contribution in [-0.4, -0.2) is 12.1 Å². The third kappa shape index (κ3) is 2.62. The van der Waals surface area contributed by atoms with Crippen LogP contribution in [0.15, 0.2) is 40.8 Å². The Morgan fingerprint density at radius 2 is 2.09 bits per heavy atom. The fourth-order valence-corrected chi connectivity index (χ4v) is 2.54. The van der Waals surface area contributed by atoms with Gasteiger partial charge in [-0.25, -0.2) is 4.98 Å². The first kappa shape index (κ1) is 14.4. The molecule has 5 heteroatoms. The summed E-state index contributed by atoms with van der Waals surface area (Å²) in [5.41, 5.74) is 1.83. The molecule has 1 N–H and O–H groups in total. The van der Waals surface area contributed by atoms with Crippen molar-refractivity contribution in [3.8, 4) is 5.75 Å². The van der Waals surface area contributed by atoms with Crippen LogP contribution in [0.1, 0.15) is 24.3 Å². The van der Waals surface area contributed by atoms with Crippen LogP contribution in [0.3, 0.4) is 0 Å². The van der Waals surface area contributed by atoms with Gasteiger partial charge in [0.25, 0.3) is 0 Å². The molecule has 0 radical (unpaired) electrons. The topological polar surface area (TPSA) is 47.3 Å². The lowest BCUT2D eigenvalue weighted by molar-refractivity contribution is 0.415. The number of ether oxygens (including phenoxy) is 1. The highest BCUT2D eigenvalue weighted by molar-refractivity contribution is 5.83. The number of methoxy groups -OCH3 is 1. The molecule has 1 unspecified atom stereocenters. The highest BCUT2D eigenvalue weighted by Crippen LogP contribution is 2.32. The van der Waals surface area contributed by atoms with Gasteiger partial charge in [0.2, 0.25) is 5.95 Å². The first-order valence-corrected chi connectivity index (χ1v) is 7.04. The average Bonchev–Trinajstić information content (AvgIpc) is 2.84. The molecule has 22 heavy (non-hydrogen) atoms. The lowest BCUT2D eigenvalue weighted by Crippen LogP contribution is -2.08. The zero-order valence-corrected chi connectivity index (χ0v) is 12.7. The minimum absolute atomic E-state index is 0.132. The SMILES string of the molecule is COc1ccc2oc(C(C)Nc3cccc(F)n3)c(C)c2c1. The van der Waals surface area contributed by atoms with E-state index in [-0.39, 0.29) is 6.04 Å². The number of aromatic nitrogens is 1. The smallest absolute Gasteiger partial charge is 0.214 e. The zero-order valence-electron chi connectivity index (χ0n) is 12.7. The second-order valence-corrected chi connectivity index (χ2v) is 5.16. The summed E-state index contributed by atoms with van der Waals surface area (Å²) >= 11 is 0. The molecule has 4 nitrogen and oxygen atoms in total. The van der Waals surface area contributed by atoms with Crippen molar-refractivity contribution in [1.82, 2.24) is 4.98 Å². The van der Waals surface area contributed by atoms with Crippen molar-refractivity contribution in [2.75, 3.05) is 12.4 Å². The molecule has 0 aliphatic carbocycles. The van der Waals surface area contributed by atoms with Crippen LogP contribution in [-0.2, 0) is 0 Å². The number of furan rings is 1. The monoisotopic (exact) mass is 300 g/mol. The molecule has 3 aromatic rings. The summed E-state index contributed by atoms with van der Waals surface area (Å²) in [5.74, 6) is 1.55.